The van der Waals surface area contributed by atoms with Crippen molar-refractivity contribution >= 4 is 83.4 Å². The third-order valence-corrected chi connectivity index (χ3v) is 12.0. The van der Waals surface area contributed by atoms with Gasteiger partial charge >= 0.3 is 42.2 Å². The fourth-order valence-electron chi connectivity index (χ4n) is 5.19. The van der Waals surface area contributed by atoms with Gasteiger partial charge in [-0.15, -0.1) is 22.7 Å². The fraction of sp³-hybridized carbons (Fsp3) is 0.182. The summed E-state index contributed by atoms with van der Waals surface area (Å²) >= 11 is 8.98. The molecule has 0 aliphatic heterocycles. The number of hydrogen-bond acceptors (Lipinski definition) is 26. The second-order valence-electron chi connectivity index (χ2n) is 13.8. The molecule has 0 radical (unpaired) electrons. The summed E-state index contributed by atoms with van der Waals surface area (Å²) in [5, 5.41) is 10.3. The molecule has 0 aliphatic carbocycles. The number of halogens is 8. The van der Waals surface area contributed by atoms with Gasteiger partial charge in [-0.25, -0.2) is 44.9 Å². The maximum absolute atomic E-state index is 12.7. The SMILES string of the molecule is COc1ncc(Br)cn1.COc1ncc(N(Cc2ccc(-c3noc(C(F)(F)F)n3)s2)c2cnccn2)cn1.COc1ncc(Nc2cnccn2)cn1.FC(F)(F)c1nc(-c2ccc(CBr)s2)no1.Nc1cnccn1.[3H]C. The number of alkyl halides is 7. The molecule has 0 atom stereocenters. The second kappa shape index (κ2) is 29.7. The Labute approximate surface area is 463 Å². The van der Waals surface area contributed by atoms with Gasteiger partial charge in [0.1, 0.15) is 11.6 Å². The molecule has 0 bridgehead atoms. The van der Waals surface area contributed by atoms with Crippen molar-refractivity contribution in [1.29, 1.82) is 0 Å². The van der Waals surface area contributed by atoms with Crippen molar-refractivity contribution in [1.82, 2.24) is 80.1 Å². The van der Waals surface area contributed by atoms with Crippen molar-refractivity contribution in [3.05, 3.63) is 143 Å². The maximum atomic E-state index is 12.7. The van der Waals surface area contributed by atoms with Gasteiger partial charge in [-0.2, -0.15) is 36.3 Å². The predicted molar refractivity (Wildman–Crippen MR) is 278 cm³/mol. The molecule has 10 aromatic heterocycles. The largest absolute Gasteiger partial charge is 0.471 e. The average molecular weight is 1250 g/mol. The molecule has 10 aromatic rings. The molecule has 24 nitrogen and oxygen atoms in total. The van der Waals surface area contributed by atoms with E-state index in [1.807, 2.05) is 0 Å². The summed E-state index contributed by atoms with van der Waals surface area (Å²) in [6.07, 6.45) is 14.5. The zero-order chi connectivity index (χ0) is 57.2. The number of nitrogens with two attached hydrogens (primary N) is 1. The highest BCUT2D eigenvalue weighted by atomic mass is 79.9. The van der Waals surface area contributed by atoms with Crippen LogP contribution in [0.15, 0.2) is 131 Å². The van der Waals surface area contributed by atoms with Gasteiger partial charge in [0.25, 0.3) is 0 Å². The number of aromatic nitrogens is 16. The summed E-state index contributed by atoms with van der Waals surface area (Å²) in [5.41, 5.74) is 6.55. The number of ether oxygens (including phenoxy) is 3. The number of thiophene rings is 2. The first-order chi connectivity index (χ1) is 38.0. The van der Waals surface area contributed by atoms with E-state index in [9.17, 15) is 26.3 Å². The lowest BCUT2D eigenvalue weighted by Crippen LogP contribution is -2.17. The van der Waals surface area contributed by atoms with Crippen molar-refractivity contribution < 1.29 is 51.0 Å². The van der Waals surface area contributed by atoms with Crippen LogP contribution in [0.4, 0.5) is 55.2 Å². The molecule has 0 aromatic carbocycles. The van der Waals surface area contributed by atoms with Gasteiger partial charge < -0.3 is 39.2 Å². The first-order valence-corrected chi connectivity index (χ1v) is 24.5. The van der Waals surface area contributed by atoms with E-state index in [4.69, 9.17) is 21.3 Å². The van der Waals surface area contributed by atoms with Crippen LogP contribution in [0.25, 0.3) is 21.4 Å². The van der Waals surface area contributed by atoms with Crippen LogP contribution < -0.4 is 30.2 Å². The van der Waals surface area contributed by atoms with E-state index in [0.29, 0.717) is 56.8 Å². The van der Waals surface area contributed by atoms with Crippen molar-refractivity contribution in [2.45, 2.75) is 31.6 Å². The van der Waals surface area contributed by atoms with E-state index in [1.165, 1.54) is 57.6 Å². The fourth-order valence-corrected chi connectivity index (χ4v) is 7.63. The van der Waals surface area contributed by atoms with Gasteiger partial charge in [0.2, 0.25) is 11.6 Å². The van der Waals surface area contributed by atoms with Gasteiger partial charge in [-0.1, -0.05) is 33.6 Å². The normalized spacial score (nSPS) is 10.6. The number of nitrogen functional groups attached to an aromatic ring is 1. The molecule has 0 saturated heterocycles. The van der Waals surface area contributed by atoms with Crippen molar-refractivity contribution in [3.8, 4) is 39.4 Å². The Kier molecular flexibility index (Phi) is 22.4. The lowest BCUT2D eigenvalue weighted by molar-refractivity contribution is -0.160. The number of methoxy groups -OCH3 is 3. The predicted octanol–water partition coefficient (Wildman–Crippen LogP) is 10.4. The summed E-state index contributed by atoms with van der Waals surface area (Å²) in [7, 11) is 5.76. The van der Waals surface area contributed by atoms with E-state index in [1.54, 1.807) is 116 Å². The van der Waals surface area contributed by atoms with Gasteiger partial charge in [-0.05, 0) is 40.2 Å². The van der Waals surface area contributed by atoms with Crippen LogP contribution in [0.1, 0.15) is 30.3 Å². The van der Waals surface area contributed by atoms with Crippen molar-refractivity contribution in [2.24, 2.45) is 0 Å². The Bertz CT molecular complexity index is 3290. The van der Waals surface area contributed by atoms with Crippen LogP contribution in [0.2, 0.25) is 0 Å². The standard InChI is InChI=1S/C17H12F3N7O2S.C9H9N5O.C8H4BrF3N2OS.C5H5BrN2O.C4H5N3.CH4/c1-28-16-23-6-10(7-24-16)27(13-8-21-4-5-22-13)9-11-2-3-12(30-11)14-25-15(29-26-14)17(18,19)20;1-15-9-12-4-7(5-13-9)14-8-6-10-2-3-11-8;9-3-4-1-2-5(16-4)6-13-7(15-14-6)8(10,11)12;1-9-5-7-2-4(6)3-8-5;5-4-3-6-1-2-7-4;/h2-8H,9H2,1H3;2-6H,1H3,(H,11,14);1-2H,3H2;2-3H,1H3;1-3H,(H2,5,7);1H4/i;;;;;1T. The molecular formula is C44H39Br2F6N19O5S2. The van der Waals surface area contributed by atoms with E-state index < -0.39 is 24.1 Å². The minimum absolute atomic E-state index is 0.0375. The Hall–Kier alpha value is -8.50. The molecule has 0 amide bonds. The molecule has 0 fully saturated rings. The summed E-state index contributed by atoms with van der Waals surface area (Å²) < 4.78 is 104. The minimum atomic E-state index is -4.69. The Balaban J connectivity index is 0.000000198. The van der Waals surface area contributed by atoms with Gasteiger partial charge in [0, 0.05) is 66.0 Å². The van der Waals surface area contributed by atoms with E-state index >= 15 is 0 Å². The average Bonchev–Trinajstić information content (AvgIpc) is 4.34. The number of nitrogens with one attached hydrogen (secondary N) is 1. The molecule has 0 spiro atoms. The molecule has 34 heteroatoms. The van der Waals surface area contributed by atoms with E-state index in [-0.39, 0.29) is 17.7 Å². The number of rotatable bonds is 12. The summed E-state index contributed by atoms with van der Waals surface area (Å²) in [4.78, 5) is 58.8. The lowest BCUT2D eigenvalue weighted by Gasteiger charge is -2.22. The van der Waals surface area contributed by atoms with E-state index in [0.717, 1.165) is 19.9 Å². The topological polar surface area (TPSA) is 301 Å². The van der Waals surface area contributed by atoms with Gasteiger partial charge in [0.05, 0.1) is 96.9 Å². The van der Waals surface area contributed by atoms with Crippen LogP contribution in [0, 0.1) is 0 Å². The van der Waals surface area contributed by atoms with Crippen LogP contribution >= 0.6 is 54.5 Å². The highest BCUT2D eigenvalue weighted by Gasteiger charge is 2.39. The van der Waals surface area contributed by atoms with Crippen LogP contribution in [0.3, 0.4) is 0 Å². The van der Waals surface area contributed by atoms with Crippen LogP contribution in [0.5, 0.6) is 18.0 Å². The quantitative estimate of drug-likeness (QED) is 0.0848. The highest BCUT2D eigenvalue weighted by molar-refractivity contribution is 9.10. The molecule has 10 rings (SSSR count). The third kappa shape index (κ3) is 19.0. The van der Waals surface area contributed by atoms with Crippen LogP contribution in [-0.4, -0.2) is 101 Å². The minimum Gasteiger partial charge on any atom is -0.467 e. The Morgan fingerprint density at radius 3 is 1.50 bits per heavy atom. The number of nitrogens with zero attached hydrogens (tertiary/aromatic N) is 17. The maximum Gasteiger partial charge on any atom is 0.471 e. The monoisotopic (exact) mass is 1250 g/mol. The smallest absolute Gasteiger partial charge is 0.467 e. The Morgan fingerprint density at radius 2 is 1.09 bits per heavy atom. The zero-order valence-corrected chi connectivity index (χ0v) is 45.3. The second-order valence-corrected chi connectivity index (χ2v) is 17.6. The van der Waals surface area contributed by atoms with Gasteiger partial charge in [-0.3, -0.25) is 15.0 Å². The lowest BCUT2D eigenvalue weighted by atomic mass is 10.3. The molecule has 0 aliphatic rings. The third-order valence-electron chi connectivity index (χ3n) is 8.49. The van der Waals surface area contributed by atoms with E-state index in [2.05, 4.69) is 126 Å². The van der Waals surface area contributed by atoms with Crippen LogP contribution in [-0.2, 0) is 24.2 Å². The Morgan fingerprint density at radius 1 is 0.615 bits per heavy atom. The number of hydrogen-bond donors (Lipinski definition) is 2. The zero-order valence-electron chi connectivity index (χ0n) is 41.4. The van der Waals surface area contributed by atoms with Crippen molar-refractivity contribution in [3.63, 3.8) is 0 Å². The first-order valence-electron chi connectivity index (χ1n) is 21.9. The summed E-state index contributed by atoms with van der Waals surface area (Å²) in [5.74, 6) is -1.23. The summed E-state index contributed by atoms with van der Waals surface area (Å²) in [6, 6.07) is 7.78. The summed E-state index contributed by atoms with van der Waals surface area (Å²) in [6.45, 7) is 0.336. The molecular weight excluding hydrogens is 1210 g/mol. The molecule has 0 unspecified atom stereocenters. The van der Waals surface area contributed by atoms with Crippen molar-refractivity contribution in [2.75, 3.05) is 37.3 Å². The molecule has 78 heavy (non-hydrogen) atoms. The first kappa shape index (κ1) is 58.8. The number of anilines is 5. The highest BCUT2D eigenvalue weighted by Crippen LogP contribution is 2.35. The molecule has 408 valence electrons. The molecule has 10 heterocycles. The molecule has 3 N–H and O–H groups in total. The molecule has 0 saturated carbocycles. The van der Waals surface area contributed by atoms with Gasteiger partial charge in [0.15, 0.2) is 5.82 Å².